The van der Waals surface area contributed by atoms with Crippen LogP contribution in [-0.4, -0.2) is 57.4 Å². The molecular formula is C9H17F3N2O2. The minimum absolute atomic E-state index is 0.0315. The van der Waals surface area contributed by atoms with Gasteiger partial charge < -0.3 is 10.1 Å². The molecule has 0 bridgehead atoms. The molecule has 0 aliphatic carbocycles. The fourth-order valence-corrected chi connectivity index (χ4v) is 1.14. The molecule has 0 heterocycles. The van der Waals surface area contributed by atoms with Crippen molar-refractivity contribution < 1.29 is 22.7 Å². The molecule has 0 atom stereocenters. The number of halogens is 3. The van der Waals surface area contributed by atoms with E-state index in [1.165, 1.54) is 12.0 Å². The highest BCUT2D eigenvalue weighted by Gasteiger charge is 2.30. The SMILES string of the molecule is CNCCN(CCC(=O)OC)CC(F)(F)F. The summed E-state index contributed by atoms with van der Waals surface area (Å²) in [7, 11) is 2.87. The van der Waals surface area contributed by atoms with Crippen LogP contribution in [0.25, 0.3) is 0 Å². The van der Waals surface area contributed by atoms with Gasteiger partial charge in [-0.1, -0.05) is 0 Å². The smallest absolute Gasteiger partial charge is 0.401 e. The highest BCUT2D eigenvalue weighted by molar-refractivity contribution is 5.69. The number of carbonyl (C=O) groups excluding carboxylic acids is 1. The zero-order chi connectivity index (χ0) is 12.6. The Balaban J connectivity index is 4.04. The fraction of sp³-hybridized carbons (Fsp3) is 0.889. The molecule has 0 aromatic carbocycles. The number of esters is 1. The van der Waals surface area contributed by atoms with Gasteiger partial charge >= 0.3 is 12.1 Å². The van der Waals surface area contributed by atoms with Crippen LogP contribution < -0.4 is 5.32 Å². The number of rotatable bonds is 7. The monoisotopic (exact) mass is 242 g/mol. The standard InChI is InChI=1S/C9H17F3N2O2/c1-13-4-6-14(7-9(10,11)12)5-3-8(15)16-2/h13H,3-7H2,1-2H3. The summed E-state index contributed by atoms with van der Waals surface area (Å²) >= 11 is 0. The molecule has 4 nitrogen and oxygen atoms in total. The van der Waals surface area contributed by atoms with E-state index in [2.05, 4.69) is 10.1 Å². The summed E-state index contributed by atoms with van der Waals surface area (Å²) in [6.07, 6.45) is -4.28. The van der Waals surface area contributed by atoms with Crippen molar-refractivity contribution in [2.75, 3.05) is 40.3 Å². The Bertz CT molecular complexity index is 209. The molecule has 0 aliphatic rings. The fourth-order valence-electron chi connectivity index (χ4n) is 1.14. The number of likely N-dealkylation sites (N-methyl/N-ethyl adjacent to an activating group) is 1. The third kappa shape index (κ3) is 8.49. The molecule has 16 heavy (non-hydrogen) atoms. The van der Waals surface area contributed by atoms with Crippen molar-refractivity contribution in [3.63, 3.8) is 0 Å². The first-order valence-electron chi connectivity index (χ1n) is 4.89. The second kappa shape index (κ2) is 7.45. The summed E-state index contributed by atoms with van der Waals surface area (Å²) in [4.78, 5) is 12.0. The number of carbonyl (C=O) groups is 1. The van der Waals surface area contributed by atoms with E-state index in [0.29, 0.717) is 6.54 Å². The van der Waals surface area contributed by atoms with Gasteiger partial charge in [0.15, 0.2) is 0 Å². The zero-order valence-electron chi connectivity index (χ0n) is 9.43. The van der Waals surface area contributed by atoms with Crippen LogP contribution in [-0.2, 0) is 9.53 Å². The third-order valence-electron chi connectivity index (χ3n) is 1.94. The molecule has 0 aromatic heterocycles. The summed E-state index contributed by atoms with van der Waals surface area (Å²) in [6.45, 7) is -0.274. The molecule has 0 amide bonds. The van der Waals surface area contributed by atoms with Crippen LogP contribution in [0, 0.1) is 0 Å². The van der Waals surface area contributed by atoms with Crippen molar-refractivity contribution in [2.45, 2.75) is 12.6 Å². The lowest BCUT2D eigenvalue weighted by Gasteiger charge is -2.22. The van der Waals surface area contributed by atoms with Crippen LogP contribution in [0.4, 0.5) is 13.2 Å². The van der Waals surface area contributed by atoms with Crippen molar-refractivity contribution >= 4 is 5.97 Å². The van der Waals surface area contributed by atoms with E-state index in [0.717, 1.165) is 0 Å². The number of hydrogen-bond acceptors (Lipinski definition) is 4. The van der Waals surface area contributed by atoms with Gasteiger partial charge in [-0.3, -0.25) is 9.69 Å². The Labute approximate surface area is 92.7 Å². The average molecular weight is 242 g/mol. The molecule has 0 aliphatic heterocycles. The summed E-state index contributed by atoms with van der Waals surface area (Å²) in [5.41, 5.74) is 0. The summed E-state index contributed by atoms with van der Waals surface area (Å²) in [5.74, 6) is -0.503. The van der Waals surface area contributed by atoms with Gasteiger partial charge in [-0.15, -0.1) is 0 Å². The molecule has 0 saturated heterocycles. The first kappa shape index (κ1) is 15.2. The van der Waals surface area contributed by atoms with E-state index in [1.807, 2.05) is 0 Å². The number of nitrogens with zero attached hydrogens (tertiary/aromatic N) is 1. The maximum atomic E-state index is 12.2. The second-order valence-corrected chi connectivity index (χ2v) is 3.32. The number of methoxy groups -OCH3 is 1. The Morgan fingerprint density at radius 1 is 1.38 bits per heavy atom. The molecule has 0 aromatic rings. The van der Waals surface area contributed by atoms with E-state index in [-0.39, 0.29) is 19.5 Å². The Morgan fingerprint density at radius 2 is 2.00 bits per heavy atom. The largest absolute Gasteiger partial charge is 0.469 e. The quantitative estimate of drug-likeness (QED) is 0.665. The molecule has 0 saturated carbocycles. The molecule has 96 valence electrons. The topological polar surface area (TPSA) is 41.6 Å². The van der Waals surface area contributed by atoms with Gasteiger partial charge in [-0.05, 0) is 7.05 Å². The van der Waals surface area contributed by atoms with E-state index in [4.69, 9.17) is 0 Å². The minimum Gasteiger partial charge on any atom is -0.469 e. The van der Waals surface area contributed by atoms with Crippen LogP contribution in [0.1, 0.15) is 6.42 Å². The molecule has 0 spiro atoms. The third-order valence-corrected chi connectivity index (χ3v) is 1.94. The molecular weight excluding hydrogens is 225 g/mol. The Kier molecular flexibility index (Phi) is 7.07. The zero-order valence-corrected chi connectivity index (χ0v) is 9.43. The van der Waals surface area contributed by atoms with Crippen LogP contribution in [0.5, 0.6) is 0 Å². The number of alkyl halides is 3. The first-order chi connectivity index (χ1) is 7.39. The maximum absolute atomic E-state index is 12.2. The van der Waals surface area contributed by atoms with Gasteiger partial charge in [0.2, 0.25) is 0 Å². The van der Waals surface area contributed by atoms with Crippen molar-refractivity contribution in [1.82, 2.24) is 10.2 Å². The normalized spacial score (nSPS) is 11.9. The Hall–Kier alpha value is -0.820. The number of hydrogen-bond donors (Lipinski definition) is 1. The lowest BCUT2D eigenvalue weighted by atomic mass is 10.3. The Morgan fingerprint density at radius 3 is 2.44 bits per heavy atom. The van der Waals surface area contributed by atoms with Crippen LogP contribution >= 0.6 is 0 Å². The molecule has 0 fully saturated rings. The van der Waals surface area contributed by atoms with Crippen molar-refractivity contribution in [1.29, 1.82) is 0 Å². The summed E-state index contributed by atoms with van der Waals surface area (Å²) < 4.78 is 40.9. The highest BCUT2D eigenvalue weighted by atomic mass is 19.4. The van der Waals surface area contributed by atoms with Crippen LogP contribution in [0.15, 0.2) is 0 Å². The molecule has 0 unspecified atom stereocenters. The van der Waals surface area contributed by atoms with Gasteiger partial charge in [0.05, 0.1) is 20.1 Å². The predicted octanol–water partition coefficient (Wildman–Crippen LogP) is 0.633. The van der Waals surface area contributed by atoms with Gasteiger partial charge in [0.25, 0.3) is 0 Å². The summed E-state index contributed by atoms with van der Waals surface area (Å²) in [5, 5.41) is 2.76. The minimum atomic E-state index is -4.25. The maximum Gasteiger partial charge on any atom is 0.401 e. The number of nitrogens with one attached hydrogen (secondary N) is 1. The van der Waals surface area contributed by atoms with Gasteiger partial charge in [0, 0.05) is 19.6 Å². The predicted molar refractivity (Wildman–Crippen MR) is 53.1 cm³/mol. The van der Waals surface area contributed by atoms with E-state index < -0.39 is 18.7 Å². The first-order valence-corrected chi connectivity index (χ1v) is 4.89. The molecule has 7 heteroatoms. The van der Waals surface area contributed by atoms with Crippen molar-refractivity contribution in [3.05, 3.63) is 0 Å². The van der Waals surface area contributed by atoms with Crippen LogP contribution in [0.3, 0.4) is 0 Å². The summed E-state index contributed by atoms with van der Waals surface area (Å²) in [6, 6.07) is 0. The van der Waals surface area contributed by atoms with E-state index in [1.54, 1.807) is 7.05 Å². The van der Waals surface area contributed by atoms with Crippen LogP contribution in [0.2, 0.25) is 0 Å². The van der Waals surface area contributed by atoms with Crippen molar-refractivity contribution in [2.24, 2.45) is 0 Å². The van der Waals surface area contributed by atoms with Gasteiger partial charge in [-0.25, -0.2) is 0 Å². The molecule has 0 radical (unpaired) electrons. The number of ether oxygens (including phenoxy) is 1. The lowest BCUT2D eigenvalue weighted by molar-refractivity contribution is -0.150. The van der Waals surface area contributed by atoms with E-state index >= 15 is 0 Å². The average Bonchev–Trinajstić information content (AvgIpc) is 2.19. The van der Waals surface area contributed by atoms with E-state index in [9.17, 15) is 18.0 Å². The highest BCUT2D eigenvalue weighted by Crippen LogP contribution is 2.16. The van der Waals surface area contributed by atoms with Crippen molar-refractivity contribution in [3.8, 4) is 0 Å². The van der Waals surface area contributed by atoms with Gasteiger partial charge in [-0.2, -0.15) is 13.2 Å². The molecule has 1 N–H and O–H groups in total. The lowest BCUT2D eigenvalue weighted by Crippen LogP contribution is -2.39. The van der Waals surface area contributed by atoms with Gasteiger partial charge in [0.1, 0.15) is 0 Å². The molecule has 0 rings (SSSR count). The second-order valence-electron chi connectivity index (χ2n) is 3.32.